The largest absolute Gasteiger partial charge is 0.454 e. The van der Waals surface area contributed by atoms with Gasteiger partial charge in [-0.25, -0.2) is 4.79 Å². The maximum Gasteiger partial charge on any atom is 0.329 e. The number of ether oxygens (including phenoxy) is 1. The van der Waals surface area contributed by atoms with E-state index in [2.05, 4.69) is 0 Å². The average Bonchev–Trinajstić information content (AvgIpc) is 2.84. The molecule has 0 fully saturated rings. The maximum absolute atomic E-state index is 12.3. The fraction of sp³-hybridized carbons (Fsp3) is 0.412. The van der Waals surface area contributed by atoms with Gasteiger partial charge < -0.3 is 9.64 Å². The van der Waals surface area contributed by atoms with Gasteiger partial charge in [0, 0.05) is 13.1 Å². The van der Waals surface area contributed by atoms with Crippen LogP contribution in [0.2, 0.25) is 0 Å². The van der Waals surface area contributed by atoms with Gasteiger partial charge in [0.15, 0.2) is 6.61 Å². The molecular formula is C17H20N2O5. The van der Waals surface area contributed by atoms with Gasteiger partial charge in [0.1, 0.15) is 6.04 Å². The molecule has 128 valence electrons. The summed E-state index contributed by atoms with van der Waals surface area (Å²) in [4.78, 5) is 51.0. The molecule has 2 rings (SSSR count). The number of benzene rings is 1. The summed E-state index contributed by atoms with van der Waals surface area (Å²) in [6.07, 6.45) is 0. The lowest BCUT2D eigenvalue weighted by molar-refractivity contribution is -0.154. The van der Waals surface area contributed by atoms with Crippen LogP contribution in [0.1, 0.15) is 41.5 Å². The molecule has 0 N–H and O–H groups in total. The number of carbonyl (C=O) groups is 4. The highest BCUT2D eigenvalue weighted by atomic mass is 16.5. The number of rotatable bonds is 6. The molecule has 0 radical (unpaired) electrons. The van der Waals surface area contributed by atoms with Crippen molar-refractivity contribution in [2.45, 2.75) is 26.8 Å². The van der Waals surface area contributed by atoms with Crippen molar-refractivity contribution in [3.63, 3.8) is 0 Å². The summed E-state index contributed by atoms with van der Waals surface area (Å²) < 4.78 is 4.98. The van der Waals surface area contributed by atoms with Crippen molar-refractivity contribution in [2.75, 3.05) is 19.7 Å². The number of nitrogens with zero attached hydrogens (tertiary/aromatic N) is 2. The van der Waals surface area contributed by atoms with E-state index in [1.807, 2.05) is 13.8 Å². The first-order chi connectivity index (χ1) is 11.4. The van der Waals surface area contributed by atoms with Crippen LogP contribution in [0, 0.1) is 0 Å². The highest BCUT2D eigenvalue weighted by Gasteiger charge is 2.41. The van der Waals surface area contributed by atoms with E-state index in [0.717, 1.165) is 4.90 Å². The minimum Gasteiger partial charge on any atom is -0.454 e. The lowest BCUT2D eigenvalue weighted by Crippen LogP contribution is -2.44. The molecule has 7 heteroatoms. The molecule has 0 saturated heterocycles. The monoisotopic (exact) mass is 332 g/mol. The molecular weight excluding hydrogens is 312 g/mol. The molecule has 0 aromatic heterocycles. The summed E-state index contributed by atoms with van der Waals surface area (Å²) in [5.74, 6) is -2.17. The van der Waals surface area contributed by atoms with Crippen LogP contribution < -0.4 is 0 Å². The third-order valence-electron chi connectivity index (χ3n) is 4.01. The Morgan fingerprint density at radius 2 is 1.58 bits per heavy atom. The predicted molar refractivity (Wildman–Crippen MR) is 85.3 cm³/mol. The Morgan fingerprint density at radius 1 is 1.08 bits per heavy atom. The molecule has 0 saturated carbocycles. The van der Waals surface area contributed by atoms with Crippen LogP contribution in [0.15, 0.2) is 24.3 Å². The van der Waals surface area contributed by atoms with Crippen molar-refractivity contribution in [3.05, 3.63) is 35.4 Å². The van der Waals surface area contributed by atoms with Gasteiger partial charge in [-0.15, -0.1) is 0 Å². The van der Waals surface area contributed by atoms with Crippen molar-refractivity contribution in [1.82, 2.24) is 9.80 Å². The molecule has 1 atom stereocenters. The number of hydrogen-bond acceptors (Lipinski definition) is 5. The highest BCUT2D eigenvalue weighted by Crippen LogP contribution is 2.24. The minimum atomic E-state index is -1.10. The summed E-state index contributed by atoms with van der Waals surface area (Å²) in [5, 5.41) is 0. The molecule has 1 aliphatic heterocycles. The van der Waals surface area contributed by atoms with Crippen LogP contribution in [0.5, 0.6) is 0 Å². The molecule has 1 aliphatic rings. The van der Waals surface area contributed by atoms with Crippen LogP contribution in [0.4, 0.5) is 0 Å². The zero-order valence-corrected chi connectivity index (χ0v) is 13.9. The Morgan fingerprint density at radius 3 is 2.04 bits per heavy atom. The number of likely N-dealkylation sites (N-methyl/N-ethyl adjacent to an activating group) is 1. The number of esters is 1. The van der Waals surface area contributed by atoms with Gasteiger partial charge >= 0.3 is 5.97 Å². The second kappa shape index (κ2) is 7.25. The second-order valence-corrected chi connectivity index (χ2v) is 5.38. The number of imide groups is 1. The molecule has 1 heterocycles. The first-order valence-corrected chi connectivity index (χ1v) is 7.83. The van der Waals surface area contributed by atoms with Crippen LogP contribution in [0.25, 0.3) is 0 Å². The summed E-state index contributed by atoms with van der Waals surface area (Å²) in [6.45, 7) is 5.68. The van der Waals surface area contributed by atoms with Gasteiger partial charge in [0.25, 0.3) is 17.7 Å². The van der Waals surface area contributed by atoms with E-state index in [0.29, 0.717) is 13.1 Å². The van der Waals surface area contributed by atoms with E-state index in [-0.39, 0.29) is 17.0 Å². The topological polar surface area (TPSA) is 84.0 Å². The molecule has 24 heavy (non-hydrogen) atoms. The van der Waals surface area contributed by atoms with Crippen molar-refractivity contribution in [1.29, 1.82) is 0 Å². The smallest absolute Gasteiger partial charge is 0.329 e. The van der Waals surface area contributed by atoms with Gasteiger partial charge in [-0.1, -0.05) is 12.1 Å². The average molecular weight is 332 g/mol. The van der Waals surface area contributed by atoms with E-state index in [1.54, 1.807) is 12.1 Å². The zero-order valence-electron chi connectivity index (χ0n) is 13.9. The van der Waals surface area contributed by atoms with Gasteiger partial charge in [-0.2, -0.15) is 0 Å². The van der Waals surface area contributed by atoms with Crippen molar-refractivity contribution >= 4 is 23.7 Å². The number of amides is 3. The first-order valence-electron chi connectivity index (χ1n) is 7.83. The molecule has 3 amide bonds. The van der Waals surface area contributed by atoms with E-state index in [9.17, 15) is 19.2 Å². The Labute approximate surface area is 140 Å². The Hall–Kier alpha value is -2.70. The summed E-state index contributed by atoms with van der Waals surface area (Å²) in [7, 11) is 0. The van der Waals surface area contributed by atoms with Crippen LogP contribution in [0.3, 0.4) is 0 Å². The molecule has 1 aromatic carbocycles. The fourth-order valence-electron chi connectivity index (χ4n) is 2.59. The van der Waals surface area contributed by atoms with E-state index in [4.69, 9.17) is 4.74 Å². The van der Waals surface area contributed by atoms with E-state index in [1.165, 1.54) is 24.0 Å². The molecule has 1 aromatic rings. The van der Waals surface area contributed by atoms with Crippen molar-refractivity contribution < 1.29 is 23.9 Å². The third kappa shape index (κ3) is 3.15. The van der Waals surface area contributed by atoms with Crippen molar-refractivity contribution in [2.24, 2.45) is 0 Å². The van der Waals surface area contributed by atoms with E-state index >= 15 is 0 Å². The lowest BCUT2D eigenvalue weighted by atomic mass is 10.1. The van der Waals surface area contributed by atoms with Crippen LogP contribution in [-0.4, -0.2) is 59.2 Å². The summed E-state index contributed by atoms with van der Waals surface area (Å²) >= 11 is 0. The molecule has 0 spiro atoms. The number of fused-ring (bicyclic) bond motifs is 1. The van der Waals surface area contributed by atoms with Gasteiger partial charge in [-0.3, -0.25) is 19.3 Å². The SMILES string of the molecule is CCN(CC)C(=O)COC(=O)[C@@H](C)N1C(=O)c2ccccc2C1=O. The molecule has 0 bridgehead atoms. The number of carbonyl (C=O) groups excluding carboxylic acids is 4. The third-order valence-corrected chi connectivity index (χ3v) is 4.01. The molecule has 0 aliphatic carbocycles. The van der Waals surface area contributed by atoms with Crippen molar-refractivity contribution in [3.8, 4) is 0 Å². The number of hydrogen-bond donors (Lipinski definition) is 0. The maximum atomic E-state index is 12.3. The fourth-order valence-corrected chi connectivity index (χ4v) is 2.59. The summed E-state index contributed by atoms with van der Waals surface area (Å²) in [5.41, 5.74) is 0.530. The Bertz CT molecular complexity index is 646. The highest BCUT2D eigenvalue weighted by molar-refractivity contribution is 6.22. The molecule has 7 nitrogen and oxygen atoms in total. The first kappa shape index (κ1) is 17.7. The van der Waals surface area contributed by atoms with Crippen LogP contribution >= 0.6 is 0 Å². The summed E-state index contributed by atoms with van der Waals surface area (Å²) in [6, 6.07) is 5.29. The minimum absolute atomic E-state index is 0.265. The zero-order chi connectivity index (χ0) is 17.9. The van der Waals surface area contributed by atoms with E-state index < -0.39 is 30.4 Å². The Kier molecular flexibility index (Phi) is 5.33. The predicted octanol–water partition coefficient (Wildman–Crippen LogP) is 1.08. The molecule has 0 unspecified atom stereocenters. The van der Waals surface area contributed by atoms with Crippen LogP contribution in [-0.2, 0) is 14.3 Å². The van der Waals surface area contributed by atoms with Gasteiger partial charge in [0.2, 0.25) is 0 Å². The quantitative estimate of drug-likeness (QED) is 0.575. The normalized spacial score (nSPS) is 14.4. The Balaban J connectivity index is 2.03. The second-order valence-electron chi connectivity index (χ2n) is 5.38. The van der Waals surface area contributed by atoms with Gasteiger partial charge in [0.05, 0.1) is 11.1 Å². The standard InChI is InChI=1S/C17H20N2O5/c1-4-18(5-2)14(20)10-24-17(23)11(3)19-15(21)12-8-6-7-9-13(12)16(19)22/h6-9,11H,4-5,10H2,1-3H3/t11-/m1/s1. The van der Waals surface area contributed by atoms with Gasteiger partial charge in [-0.05, 0) is 32.9 Å². The lowest BCUT2D eigenvalue weighted by Gasteiger charge is -2.22.